The van der Waals surface area contributed by atoms with Crippen LogP contribution in [0.3, 0.4) is 0 Å². The number of nitrogens with one attached hydrogen (secondary N) is 1. The minimum Gasteiger partial charge on any atom is -0.496 e. The number of hydrogen-bond acceptors (Lipinski definition) is 3. The van der Waals surface area contributed by atoms with Crippen molar-refractivity contribution in [3.05, 3.63) is 29.3 Å². The average molecular weight is 253 g/mol. The topological polar surface area (TPSA) is 21.3 Å². The molecule has 1 atom stereocenters. The monoisotopic (exact) mass is 253 g/mol. The van der Waals surface area contributed by atoms with Crippen LogP contribution in [0.15, 0.2) is 18.2 Å². The normalized spacial score (nSPS) is 12.5. The molecule has 0 radical (unpaired) electrons. The van der Waals surface area contributed by atoms with Gasteiger partial charge in [-0.05, 0) is 31.2 Å². The first-order valence-electron chi connectivity index (χ1n) is 6.13. The van der Waals surface area contributed by atoms with Crippen molar-refractivity contribution in [1.82, 2.24) is 5.32 Å². The molecule has 0 heterocycles. The van der Waals surface area contributed by atoms with Gasteiger partial charge < -0.3 is 10.1 Å². The molecule has 1 aromatic rings. The summed E-state index contributed by atoms with van der Waals surface area (Å²) in [5.74, 6) is 2.02. The second-order valence-corrected chi connectivity index (χ2v) is 5.63. The van der Waals surface area contributed by atoms with Crippen molar-refractivity contribution in [2.45, 2.75) is 37.8 Å². The summed E-state index contributed by atoms with van der Waals surface area (Å²) in [4.78, 5) is 0. The third-order valence-electron chi connectivity index (χ3n) is 2.82. The minimum atomic E-state index is 0.702. The zero-order valence-corrected chi connectivity index (χ0v) is 12.1. The van der Waals surface area contributed by atoms with Gasteiger partial charge in [-0.2, -0.15) is 11.8 Å². The number of rotatable bonds is 7. The van der Waals surface area contributed by atoms with E-state index in [0.29, 0.717) is 5.25 Å². The summed E-state index contributed by atoms with van der Waals surface area (Å²) in [6.07, 6.45) is 1.21. The van der Waals surface area contributed by atoms with E-state index >= 15 is 0 Å². The summed E-state index contributed by atoms with van der Waals surface area (Å²) >= 11 is 1.99. The molecule has 0 saturated heterocycles. The van der Waals surface area contributed by atoms with Gasteiger partial charge in [-0.1, -0.05) is 19.9 Å². The first-order valence-corrected chi connectivity index (χ1v) is 7.18. The minimum absolute atomic E-state index is 0.702. The Hall–Kier alpha value is -0.670. The molecule has 0 saturated carbocycles. The van der Waals surface area contributed by atoms with Gasteiger partial charge in [0.1, 0.15) is 5.75 Å². The van der Waals surface area contributed by atoms with Crippen LogP contribution in [0, 0.1) is 0 Å². The Bertz CT molecular complexity index is 341. The molecule has 1 N–H and O–H groups in total. The van der Waals surface area contributed by atoms with Crippen molar-refractivity contribution in [3.63, 3.8) is 0 Å². The highest BCUT2D eigenvalue weighted by atomic mass is 32.2. The molecule has 0 aliphatic carbocycles. The third kappa shape index (κ3) is 4.60. The first-order chi connectivity index (χ1) is 8.21. The standard InChI is InChI=1S/C14H23NOS/c1-5-11(2)17-10-13-8-12(9-15-3)6-7-14(13)16-4/h6-8,11,15H,5,9-10H2,1-4H3. The van der Waals surface area contributed by atoms with Gasteiger partial charge in [-0.3, -0.25) is 0 Å². The summed E-state index contributed by atoms with van der Waals surface area (Å²) < 4.78 is 5.41. The summed E-state index contributed by atoms with van der Waals surface area (Å²) in [6, 6.07) is 6.43. The molecule has 0 fully saturated rings. The lowest BCUT2D eigenvalue weighted by Gasteiger charge is -2.13. The molecule has 1 aromatic carbocycles. The van der Waals surface area contributed by atoms with Crippen molar-refractivity contribution in [1.29, 1.82) is 0 Å². The Morgan fingerprint density at radius 1 is 1.41 bits per heavy atom. The van der Waals surface area contributed by atoms with E-state index in [4.69, 9.17) is 4.74 Å². The Morgan fingerprint density at radius 3 is 2.76 bits per heavy atom. The molecule has 0 spiro atoms. The molecule has 0 amide bonds. The lowest BCUT2D eigenvalue weighted by molar-refractivity contribution is 0.411. The molecule has 17 heavy (non-hydrogen) atoms. The van der Waals surface area contributed by atoms with Crippen LogP contribution in [0.2, 0.25) is 0 Å². The van der Waals surface area contributed by atoms with Crippen LogP contribution in [-0.2, 0) is 12.3 Å². The summed E-state index contributed by atoms with van der Waals surface area (Å²) in [5, 5.41) is 3.88. The van der Waals surface area contributed by atoms with Crippen LogP contribution < -0.4 is 10.1 Å². The fourth-order valence-corrected chi connectivity index (χ4v) is 2.53. The fraction of sp³-hybridized carbons (Fsp3) is 0.571. The first kappa shape index (κ1) is 14.4. The smallest absolute Gasteiger partial charge is 0.122 e. The maximum atomic E-state index is 5.41. The quantitative estimate of drug-likeness (QED) is 0.804. The van der Waals surface area contributed by atoms with Gasteiger partial charge in [0, 0.05) is 23.1 Å². The maximum absolute atomic E-state index is 5.41. The van der Waals surface area contributed by atoms with Gasteiger partial charge in [0.25, 0.3) is 0 Å². The van der Waals surface area contributed by atoms with E-state index in [1.165, 1.54) is 17.5 Å². The van der Waals surface area contributed by atoms with Gasteiger partial charge in [0.2, 0.25) is 0 Å². The van der Waals surface area contributed by atoms with E-state index in [9.17, 15) is 0 Å². The van der Waals surface area contributed by atoms with Gasteiger partial charge in [-0.15, -0.1) is 0 Å². The molecule has 0 aromatic heterocycles. The van der Waals surface area contributed by atoms with Gasteiger partial charge in [0.05, 0.1) is 7.11 Å². The molecule has 2 nitrogen and oxygen atoms in total. The zero-order chi connectivity index (χ0) is 12.7. The van der Waals surface area contributed by atoms with E-state index in [-0.39, 0.29) is 0 Å². The lowest BCUT2D eigenvalue weighted by Crippen LogP contribution is -2.06. The molecule has 0 aliphatic heterocycles. The Kier molecular flexibility index (Phi) is 6.45. The molecule has 1 rings (SSSR count). The van der Waals surface area contributed by atoms with E-state index in [1.54, 1.807) is 7.11 Å². The summed E-state index contributed by atoms with van der Waals surface area (Å²) in [7, 11) is 3.71. The van der Waals surface area contributed by atoms with Crippen LogP contribution in [-0.4, -0.2) is 19.4 Å². The SMILES string of the molecule is CCC(C)SCc1cc(CNC)ccc1OC. The highest BCUT2D eigenvalue weighted by molar-refractivity contribution is 7.99. The zero-order valence-electron chi connectivity index (χ0n) is 11.2. The van der Waals surface area contributed by atoms with Gasteiger partial charge >= 0.3 is 0 Å². The van der Waals surface area contributed by atoms with E-state index in [0.717, 1.165) is 18.0 Å². The van der Waals surface area contributed by atoms with E-state index in [1.807, 2.05) is 18.8 Å². The third-order valence-corrected chi connectivity index (χ3v) is 4.20. The van der Waals surface area contributed by atoms with Crippen LogP contribution in [0.5, 0.6) is 5.75 Å². The number of benzene rings is 1. The number of ether oxygens (including phenoxy) is 1. The molecule has 3 heteroatoms. The van der Waals surface area contributed by atoms with Gasteiger partial charge in [-0.25, -0.2) is 0 Å². The van der Waals surface area contributed by atoms with Crippen LogP contribution in [0.25, 0.3) is 0 Å². The van der Waals surface area contributed by atoms with E-state index < -0.39 is 0 Å². The number of methoxy groups -OCH3 is 1. The molecule has 0 aliphatic rings. The van der Waals surface area contributed by atoms with Crippen molar-refractivity contribution < 1.29 is 4.74 Å². The lowest BCUT2D eigenvalue weighted by atomic mass is 10.1. The van der Waals surface area contributed by atoms with Crippen molar-refractivity contribution in [3.8, 4) is 5.75 Å². The number of thioether (sulfide) groups is 1. The molecular formula is C14H23NOS. The molecular weight excluding hydrogens is 230 g/mol. The van der Waals surface area contributed by atoms with Crippen LogP contribution >= 0.6 is 11.8 Å². The van der Waals surface area contributed by atoms with Crippen molar-refractivity contribution in [2.24, 2.45) is 0 Å². The highest BCUT2D eigenvalue weighted by Gasteiger charge is 2.07. The van der Waals surface area contributed by atoms with Crippen molar-refractivity contribution in [2.75, 3.05) is 14.2 Å². The molecule has 1 unspecified atom stereocenters. The Balaban J connectivity index is 2.75. The van der Waals surface area contributed by atoms with Gasteiger partial charge in [0.15, 0.2) is 0 Å². The second kappa shape index (κ2) is 7.62. The summed E-state index contributed by atoms with van der Waals surface area (Å²) in [6.45, 7) is 5.41. The second-order valence-electron chi connectivity index (χ2n) is 4.21. The Labute approximate surface area is 109 Å². The average Bonchev–Trinajstić information content (AvgIpc) is 2.36. The predicted molar refractivity (Wildman–Crippen MR) is 76.8 cm³/mol. The highest BCUT2D eigenvalue weighted by Crippen LogP contribution is 2.27. The maximum Gasteiger partial charge on any atom is 0.122 e. The molecule has 96 valence electrons. The largest absolute Gasteiger partial charge is 0.496 e. The van der Waals surface area contributed by atoms with E-state index in [2.05, 4.69) is 37.4 Å². The Morgan fingerprint density at radius 2 is 2.18 bits per heavy atom. The van der Waals surface area contributed by atoms with Crippen molar-refractivity contribution >= 4 is 11.8 Å². The summed E-state index contributed by atoms with van der Waals surface area (Å²) in [5.41, 5.74) is 2.61. The number of hydrogen-bond donors (Lipinski definition) is 1. The van der Waals surface area contributed by atoms with Crippen LogP contribution in [0.4, 0.5) is 0 Å². The van der Waals surface area contributed by atoms with Crippen LogP contribution in [0.1, 0.15) is 31.4 Å². The predicted octanol–water partition coefficient (Wildman–Crippen LogP) is 3.45. The fourth-order valence-electron chi connectivity index (χ4n) is 1.61. The molecule has 0 bridgehead atoms.